The van der Waals surface area contributed by atoms with Gasteiger partial charge in [-0.3, -0.25) is 14.3 Å². The Morgan fingerprint density at radius 2 is 1.72 bits per heavy atom. The molecule has 0 bridgehead atoms. The van der Waals surface area contributed by atoms with Gasteiger partial charge in [-0.05, 0) is 18.1 Å². The van der Waals surface area contributed by atoms with E-state index in [1.165, 1.54) is 27.8 Å². The van der Waals surface area contributed by atoms with Crippen LogP contribution in [-0.2, 0) is 39.0 Å². The van der Waals surface area contributed by atoms with Crippen molar-refractivity contribution in [1.29, 1.82) is 0 Å². The van der Waals surface area contributed by atoms with Crippen LogP contribution in [0, 0.1) is 6.92 Å². The molecule has 7 heteroatoms. The third-order valence-electron chi connectivity index (χ3n) is 6.11. The van der Waals surface area contributed by atoms with E-state index >= 15 is 0 Å². The zero-order valence-corrected chi connectivity index (χ0v) is 18.6. The van der Waals surface area contributed by atoms with Crippen molar-refractivity contribution >= 4 is 0 Å². The average molecular weight is 440 g/mol. The van der Waals surface area contributed by atoms with E-state index in [9.17, 15) is 18.4 Å². The van der Waals surface area contributed by atoms with Crippen molar-refractivity contribution in [1.82, 2.24) is 14.0 Å². The smallest absolute Gasteiger partial charge is 0.300 e. The summed E-state index contributed by atoms with van der Waals surface area (Å²) in [5, 5.41) is 0. The second kappa shape index (κ2) is 8.47. The fourth-order valence-corrected chi connectivity index (χ4v) is 4.34. The van der Waals surface area contributed by atoms with Crippen molar-refractivity contribution in [3.8, 4) is 0 Å². The number of aromatic nitrogens is 2. The lowest BCUT2D eigenvalue weighted by Gasteiger charge is -2.30. The van der Waals surface area contributed by atoms with Crippen LogP contribution in [0.2, 0.25) is 0 Å². The number of rotatable bonds is 5. The molecule has 1 aliphatic rings. The molecule has 0 unspecified atom stereocenters. The number of benzene rings is 2. The van der Waals surface area contributed by atoms with Crippen LogP contribution in [0.1, 0.15) is 40.4 Å². The molecule has 0 saturated carbocycles. The Morgan fingerprint density at radius 3 is 2.38 bits per heavy atom. The lowest BCUT2D eigenvalue weighted by molar-refractivity contribution is 0.0174. The van der Waals surface area contributed by atoms with Gasteiger partial charge in [0.05, 0.1) is 12.1 Å². The van der Waals surface area contributed by atoms with Gasteiger partial charge in [-0.25, -0.2) is 13.6 Å². The highest BCUT2D eigenvalue weighted by molar-refractivity contribution is 5.27. The van der Waals surface area contributed by atoms with E-state index in [1.807, 2.05) is 6.07 Å². The Balaban J connectivity index is 1.63. The molecule has 0 spiro atoms. The van der Waals surface area contributed by atoms with E-state index in [2.05, 4.69) is 30.0 Å². The number of hydrogen-bond donors (Lipinski definition) is 0. The Hall–Kier alpha value is -3.06. The van der Waals surface area contributed by atoms with Crippen LogP contribution < -0.4 is 11.2 Å². The first-order chi connectivity index (χ1) is 15.1. The van der Waals surface area contributed by atoms with Gasteiger partial charge in [0.15, 0.2) is 0 Å². The van der Waals surface area contributed by atoms with Crippen molar-refractivity contribution in [2.45, 2.75) is 45.8 Å². The first-order valence-electron chi connectivity index (χ1n) is 10.7. The molecular formula is C25H27F2N3O2. The molecule has 0 radical (unpaired) electrons. The second-order valence-corrected chi connectivity index (χ2v) is 8.69. The fourth-order valence-electron chi connectivity index (χ4n) is 4.34. The normalized spacial score (nSPS) is 14.4. The van der Waals surface area contributed by atoms with E-state index in [4.69, 9.17) is 0 Å². The Bertz CT molecular complexity index is 1250. The third-order valence-corrected chi connectivity index (χ3v) is 6.11. The molecule has 2 heterocycles. The molecule has 0 amide bonds. The number of nitrogens with zero attached hydrogens (tertiary/aromatic N) is 3. The van der Waals surface area contributed by atoms with Gasteiger partial charge >= 0.3 is 5.69 Å². The van der Waals surface area contributed by atoms with Gasteiger partial charge in [0.25, 0.3) is 11.5 Å². The summed E-state index contributed by atoms with van der Waals surface area (Å²) in [6.07, 6.45) is 0.628. The van der Waals surface area contributed by atoms with Crippen molar-refractivity contribution in [2.75, 3.05) is 6.54 Å². The molecule has 0 aliphatic carbocycles. The maximum absolute atomic E-state index is 13.5. The van der Waals surface area contributed by atoms with E-state index in [0.717, 1.165) is 25.7 Å². The monoisotopic (exact) mass is 439 g/mol. The predicted octanol–water partition coefficient (Wildman–Crippen LogP) is 3.57. The zero-order valence-electron chi connectivity index (χ0n) is 18.6. The number of fused-ring (bicyclic) bond motifs is 1. The summed E-state index contributed by atoms with van der Waals surface area (Å²) in [4.78, 5) is 28.4. The quantitative estimate of drug-likeness (QED) is 0.611. The number of alkyl halides is 2. The molecule has 0 N–H and O–H groups in total. The third kappa shape index (κ3) is 4.43. The predicted molar refractivity (Wildman–Crippen MR) is 120 cm³/mol. The summed E-state index contributed by atoms with van der Waals surface area (Å²) in [5.74, 6) is -2.93. The largest absolute Gasteiger partial charge is 0.331 e. The van der Waals surface area contributed by atoms with Crippen LogP contribution in [0.3, 0.4) is 0 Å². The van der Waals surface area contributed by atoms with Crippen LogP contribution in [0.4, 0.5) is 8.78 Å². The van der Waals surface area contributed by atoms with Crippen LogP contribution in [0.15, 0.2) is 58.1 Å². The molecule has 3 aromatic rings. The Morgan fingerprint density at radius 1 is 1.00 bits per heavy atom. The summed E-state index contributed by atoms with van der Waals surface area (Å²) >= 11 is 0. The topological polar surface area (TPSA) is 47.2 Å². The van der Waals surface area contributed by atoms with Gasteiger partial charge in [0.2, 0.25) is 0 Å². The molecule has 1 aliphatic heterocycles. The molecule has 1 aromatic heterocycles. The fraction of sp³-hybridized carbons (Fsp3) is 0.360. The summed E-state index contributed by atoms with van der Waals surface area (Å²) in [7, 11) is 1.69. The first-order valence-corrected chi connectivity index (χ1v) is 10.7. The van der Waals surface area contributed by atoms with Crippen molar-refractivity contribution < 1.29 is 8.78 Å². The molecule has 168 valence electrons. The van der Waals surface area contributed by atoms with E-state index in [1.54, 1.807) is 23.7 Å². The van der Waals surface area contributed by atoms with Crippen molar-refractivity contribution in [3.63, 3.8) is 0 Å². The molecule has 2 aromatic carbocycles. The highest BCUT2D eigenvalue weighted by Crippen LogP contribution is 2.26. The van der Waals surface area contributed by atoms with Crippen LogP contribution in [0.25, 0.3) is 0 Å². The maximum atomic E-state index is 13.5. The number of halogens is 2. The molecule has 0 fully saturated rings. The minimum Gasteiger partial charge on any atom is -0.300 e. The highest BCUT2D eigenvalue weighted by Gasteiger charge is 2.25. The maximum Gasteiger partial charge on any atom is 0.331 e. The van der Waals surface area contributed by atoms with Crippen LogP contribution >= 0.6 is 0 Å². The minimum atomic E-state index is -2.93. The number of aryl methyl sites for hydroxylation is 1. The van der Waals surface area contributed by atoms with Gasteiger partial charge < -0.3 is 4.57 Å². The number of hydrogen-bond acceptors (Lipinski definition) is 3. The van der Waals surface area contributed by atoms with Gasteiger partial charge in [-0.15, -0.1) is 0 Å². The lowest BCUT2D eigenvalue weighted by Crippen LogP contribution is -2.47. The molecule has 0 saturated heterocycles. The van der Waals surface area contributed by atoms with Crippen LogP contribution in [0.5, 0.6) is 0 Å². The van der Waals surface area contributed by atoms with Gasteiger partial charge in [0.1, 0.15) is 0 Å². The van der Waals surface area contributed by atoms with Crippen molar-refractivity contribution in [3.05, 3.63) is 103 Å². The molecule has 4 rings (SSSR count). The standard InChI is InChI=1S/C25H27F2N3O2/c1-17-5-4-6-19(13-17)14-29-12-11-22-21(16-29)23(31)30(24(32)28(22)3)15-18-7-9-20(10-8-18)25(2,26)27/h4-10,13H,11-12,14-16H2,1-3H3. The summed E-state index contributed by atoms with van der Waals surface area (Å²) in [6.45, 7) is 4.91. The lowest BCUT2D eigenvalue weighted by atomic mass is 10.0. The zero-order chi connectivity index (χ0) is 23.0. The van der Waals surface area contributed by atoms with E-state index < -0.39 is 5.92 Å². The Labute approximate surface area is 185 Å². The molecule has 5 nitrogen and oxygen atoms in total. The highest BCUT2D eigenvalue weighted by atomic mass is 19.3. The van der Waals surface area contributed by atoms with Gasteiger partial charge in [0, 0.05) is 51.3 Å². The van der Waals surface area contributed by atoms with Gasteiger partial charge in [-0.2, -0.15) is 0 Å². The Kier molecular flexibility index (Phi) is 5.86. The molecular weight excluding hydrogens is 412 g/mol. The minimum absolute atomic E-state index is 0.0478. The SMILES string of the molecule is Cc1cccc(CN2CCc3c(c(=O)n(Cc4ccc(C(C)(F)F)cc4)c(=O)n3C)C2)c1. The average Bonchev–Trinajstić information content (AvgIpc) is 2.75. The van der Waals surface area contributed by atoms with Gasteiger partial charge in [-0.1, -0.05) is 54.1 Å². The molecule has 32 heavy (non-hydrogen) atoms. The molecule has 0 atom stereocenters. The van der Waals surface area contributed by atoms with E-state index in [0.29, 0.717) is 24.1 Å². The first kappa shape index (κ1) is 22.1. The van der Waals surface area contributed by atoms with E-state index in [-0.39, 0.29) is 23.4 Å². The van der Waals surface area contributed by atoms with Crippen molar-refractivity contribution in [2.24, 2.45) is 7.05 Å². The second-order valence-electron chi connectivity index (χ2n) is 8.69. The summed E-state index contributed by atoms with van der Waals surface area (Å²) < 4.78 is 29.7. The van der Waals surface area contributed by atoms with Crippen LogP contribution in [-0.4, -0.2) is 20.6 Å². The summed E-state index contributed by atoms with van der Waals surface area (Å²) in [6, 6.07) is 14.1. The summed E-state index contributed by atoms with van der Waals surface area (Å²) in [5.41, 5.74) is 3.62.